The molecular weight excluding hydrogens is 412 g/mol. The van der Waals surface area contributed by atoms with Crippen LogP contribution in [-0.2, 0) is 14.3 Å². The molecule has 2 aliphatic heterocycles. The van der Waals surface area contributed by atoms with Crippen LogP contribution in [0.25, 0.3) is 6.08 Å². The highest BCUT2D eigenvalue weighted by molar-refractivity contribution is 8.26. The third-order valence-electron chi connectivity index (χ3n) is 4.60. The minimum atomic E-state index is -0.126. The van der Waals surface area contributed by atoms with E-state index in [0.29, 0.717) is 33.8 Å². The summed E-state index contributed by atoms with van der Waals surface area (Å²) >= 11 is 6.41. The summed E-state index contributed by atoms with van der Waals surface area (Å²) in [4.78, 5) is 28.4. The molecule has 0 aromatic heterocycles. The molecule has 156 valence electrons. The summed E-state index contributed by atoms with van der Waals surface area (Å²) < 4.78 is 17.3. The number of thioether (sulfide) groups is 1. The van der Waals surface area contributed by atoms with Gasteiger partial charge in [-0.15, -0.1) is 0 Å². The molecule has 2 saturated heterocycles. The Bertz CT molecular complexity index is 847. The zero-order valence-corrected chi connectivity index (χ0v) is 18.5. The van der Waals surface area contributed by atoms with Gasteiger partial charge in [-0.1, -0.05) is 30.0 Å². The summed E-state index contributed by atoms with van der Waals surface area (Å²) in [5.74, 6) is 0.737. The van der Waals surface area contributed by atoms with E-state index >= 15 is 0 Å². The third-order valence-corrected chi connectivity index (χ3v) is 6.08. The lowest BCUT2D eigenvalue weighted by molar-refractivity contribution is -0.145. The van der Waals surface area contributed by atoms with Gasteiger partial charge < -0.3 is 19.1 Å². The lowest BCUT2D eigenvalue weighted by atomic mass is 10.2. The van der Waals surface area contributed by atoms with E-state index in [1.807, 2.05) is 19.9 Å². The molecule has 2 fully saturated rings. The average Bonchev–Trinajstić information content (AvgIpc) is 2.92. The molecule has 0 radical (unpaired) electrons. The fourth-order valence-electron chi connectivity index (χ4n) is 3.20. The largest absolute Gasteiger partial charge is 0.493 e. The van der Waals surface area contributed by atoms with E-state index in [4.69, 9.17) is 26.4 Å². The summed E-state index contributed by atoms with van der Waals surface area (Å²) in [6.45, 7) is 4.93. The molecule has 0 saturated carbocycles. The maximum Gasteiger partial charge on any atom is 0.265 e. The first kappa shape index (κ1) is 21.6. The monoisotopic (exact) mass is 436 g/mol. The van der Waals surface area contributed by atoms with Crippen LogP contribution in [0.4, 0.5) is 0 Å². The van der Waals surface area contributed by atoms with Crippen molar-refractivity contribution in [3.63, 3.8) is 0 Å². The standard InChI is InChI=1S/C20H24N2O5S2/c1-12-9-22(10-13(2)27-12)18(23)11-26-15-6-5-14(7-16(15)25-4)8-17-19(24)21(3)20(28)29-17/h5-8,12-13H,9-11H2,1-4H3/b17-8-. The van der Waals surface area contributed by atoms with E-state index < -0.39 is 0 Å². The van der Waals surface area contributed by atoms with Crippen molar-refractivity contribution in [2.75, 3.05) is 33.9 Å². The summed E-state index contributed by atoms with van der Waals surface area (Å²) in [7, 11) is 3.19. The SMILES string of the molecule is COc1cc(/C=C2\SC(=S)N(C)C2=O)ccc1OCC(=O)N1CC(C)OC(C)C1. The van der Waals surface area contributed by atoms with Crippen LogP contribution in [-0.4, -0.2) is 72.0 Å². The van der Waals surface area contributed by atoms with Crippen LogP contribution < -0.4 is 9.47 Å². The van der Waals surface area contributed by atoms with Crippen LogP contribution in [0.15, 0.2) is 23.1 Å². The molecule has 9 heteroatoms. The van der Waals surface area contributed by atoms with E-state index in [9.17, 15) is 9.59 Å². The van der Waals surface area contributed by atoms with Gasteiger partial charge in [0.1, 0.15) is 4.32 Å². The van der Waals surface area contributed by atoms with Crippen LogP contribution in [0.1, 0.15) is 19.4 Å². The van der Waals surface area contributed by atoms with Crippen molar-refractivity contribution in [1.29, 1.82) is 0 Å². The van der Waals surface area contributed by atoms with Gasteiger partial charge in [-0.3, -0.25) is 14.5 Å². The highest BCUT2D eigenvalue weighted by Crippen LogP contribution is 2.34. The number of ether oxygens (including phenoxy) is 3. The quantitative estimate of drug-likeness (QED) is 0.519. The Labute approximate surface area is 180 Å². The number of carbonyl (C=O) groups is 2. The first-order valence-electron chi connectivity index (χ1n) is 9.24. The maximum absolute atomic E-state index is 12.5. The molecule has 3 rings (SSSR count). The number of hydrogen-bond acceptors (Lipinski definition) is 7. The molecule has 2 unspecified atom stereocenters. The third kappa shape index (κ3) is 5.09. The predicted molar refractivity (Wildman–Crippen MR) is 116 cm³/mol. The van der Waals surface area contributed by atoms with Gasteiger partial charge in [0.2, 0.25) is 0 Å². The molecule has 2 atom stereocenters. The number of amides is 2. The van der Waals surface area contributed by atoms with Crippen LogP contribution in [0.3, 0.4) is 0 Å². The molecular formula is C20H24N2O5S2. The van der Waals surface area contributed by atoms with Gasteiger partial charge in [0, 0.05) is 20.1 Å². The van der Waals surface area contributed by atoms with Crippen molar-refractivity contribution in [1.82, 2.24) is 9.80 Å². The lowest BCUT2D eigenvalue weighted by Gasteiger charge is -2.35. The molecule has 1 aromatic rings. The Morgan fingerprint density at radius 3 is 2.59 bits per heavy atom. The van der Waals surface area contributed by atoms with E-state index in [-0.39, 0.29) is 30.6 Å². The zero-order valence-electron chi connectivity index (χ0n) is 16.8. The Hall–Kier alpha value is -2.10. The summed E-state index contributed by atoms with van der Waals surface area (Å²) in [6, 6.07) is 5.31. The maximum atomic E-state index is 12.5. The van der Waals surface area contributed by atoms with Crippen LogP contribution in [0.5, 0.6) is 11.5 Å². The number of hydrogen-bond donors (Lipinski definition) is 0. The van der Waals surface area contributed by atoms with E-state index in [1.165, 1.54) is 23.8 Å². The topological polar surface area (TPSA) is 68.3 Å². The van der Waals surface area contributed by atoms with Crippen molar-refractivity contribution in [3.8, 4) is 11.5 Å². The van der Waals surface area contributed by atoms with Crippen LogP contribution in [0, 0.1) is 0 Å². The van der Waals surface area contributed by atoms with Gasteiger partial charge in [0.05, 0.1) is 24.2 Å². The zero-order chi connectivity index (χ0) is 21.1. The first-order chi connectivity index (χ1) is 13.8. The van der Waals surface area contributed by atoms with Crippen molar-refractivity contribution < 1.29 is 23.8 Å². The molecule has 7 nitrogen and oxygen atoms in total. The van der Waals surface area contributed by atoms with Crippen molar-refractivity contribution >= 4 is 46.2 Å². The fourth-order valence-corrected chi connectivity index (χ4v) is 4.38. The smallest absolute Gasteiger partial charge is 0.265 e. The molecule has 0 aliphatic carbocycles. The first-order valence-corrected chi connectivity index (χ1v) is 10.5. The van der Waals surface area contributed by atoms with Gasteiger partial charge in [-0.05, 0) is 37.6 Å². The highest BCUT2D eigenvalue weighted by atomic mass is 32.2. The number of methoxy groups -OCH3 is 1. The van der Waals surface area contributed by atoms with Crippen molar-refractivity contribution in [3.05, 3.63) is 28.7 Å². The summed E-state index contributed by atoms with van der Waals surface area (Å²) in [5.41, 5.74) is 0.783. The average molecular weight is 437 g/mol. The van der Waals surface area contributed by atoms with Crippen LogP contribution >= 0.6 is 24.0 Å². The number of likely N-dealkylation sites (N-methyl/N-ethyl adjacent to an activating group) is 1. The van der Waals surface area contributed by atoms with Gasteiger partial charge >= 0.3 is 0 Å². The van der Waals surface area contributed by atoms with Gasteiger partial charge in [0.25, 0.3) is 11.8 Å². The Morgan fingerprint density at radius 2 is 2.00 bits per heavy atom. The number of carbonyl (C=O) groups excluding carboxylic acids is 2. The number of thiocarbonyl (C=S) groups is 1. The minimum absolute atomic E-state index is 0.00708. The summed E-state index contributed by atoms with van der Waals surface area (Å²) in [5, 5.41) is 0. The molecule has 2 amide bonds. The fraction of sp³-hybridized carbons (Fsp3) is 0.450. The summed E-state index contributed by atoms with van der Waals surface area (Å²) in [6.07, 6.45) is 1.77. The highest BCUT2D eigenvalue weighted by Gasteiger charge is 2.29. The number of rotatable bonds is 5. The van der Waals surface area contributed by atoms with Crippen molar-refractivity contribution in [2.45, 2.75) is 26.1 Å². The number of morpholine rings is 1. The Morgan fingerprint density at radius 1 is 1.31 bits per heavy atom. The molecule has 2 aliphatic rings. The van der Waals surface area contributed by atoms with Crippen LogP contribution in [0.2, 0.25) is 0 Å². The molecule has 0 N–H and O–H groups in total. The minimum Gasteiger partial charge on any atom is -0.493 e. The van der Waals surface area contributed by atoms with Gasteiger partial charge in [-0.2, -0.15) is 0 Å². The second kappa shape index (κ2) is 9.15. The molecule has 1 aromatic carbocycles. The van der Waals surface area contributed by atoms with Gasteiger partial charge in [-0.25, -0.2) is 0 Å². The molecule has 0 bridgehead atoms. The second-order valence-corrected chi connectivity index (χ2v) is 8.67. The normalized spacial score (nSPS) is 23.7. The number of nitrogens with zero attached hydrogens (tertiary/aromatic N) is 2. The van der Waals surface area contributed by atoms with Crippen molar-refractivity contribution in [2.24, 2.45) is 0 Å². The second-order valence-electron chi connectivity index (χ2n) is 7.00. The van der Waals surface area contributed by atoms with Gasteiger partial charge in [0.15, 0.2) is 18.1 Å². The molecule has 2 heterocycles. The predicted octanol–water partition coefficient (Wildman–Crippen LogP) is 2.54. The Kier molecular flexibility index (Phi) is 6.81. The lowest BCUT2D eigenvalue weighted by Crippen LogP contribution is -2.49. The Balaban J connectivity index is 1.67. The van der Waals surface area contributed by atoms with E-state index in [0.717, 1.165) is 5.56 Å². The van der Waals surface area contributed by atoms with E-state index in [1.54, 1.807) is 30.2 Å². The van der Waals surface area contributed by atoms with E-state index in [2.05, 4.69) is 0 Å². The molecule has 29 heavy (non-hydrogen) atoms. The number of benzene rings is 1. The molecule has 0 spiro atoms.